The van der Waals surface area contributed by atoms with Gasteiger partial charge in [0.15, 0.2) is 0 Å². The fourth-order valence-electron chi connectivity index (χ4n) is 3.18. The molecule has 1 N–H and O–H groups in total. The maximum atomic E-state index is 12.9. The Kier molecular flexibility index (Phi) is 5.14. The van der Waals surface area contributed by atoms with E-state index in [-0.39, 0.29) is 5.91 Å². The molecule has 1 atom stereocenters. The Labute approximate surface area is 146 Å². The zero-order chi connectivity index (χ0) is 17.1. The highest BCUT2D eigenvalue weighted by molar-refractivity contribution is 7.98. The quantitative estimate of drug-likeness (QED) is 0.903. The highest BCUT2D eigenvalue weighted by Gasteiger charge is 2.31. The Bertz CT molecular complexity index is 729. The number of imidazole rings is 1. The van der Waals surface area contributed by atoms with Crippen molar-refractivity contribution in [2.24, 2.45) is 0 Å². The summed E-state index contributed by atoms with van der Waals surface area (Å²) in [6, 6.07) is 8.01. The molecule has 1 fully saturated rings. The SMILES string of the molecule is COc1cccc(-c2nc(C(=O)N3CCC[C@H]3CSC)c(C)[nH]2)c1. The van der Waals surface area contributed by atoms with Crippen LogP contribution in [0.3, 0.4) is 0 Å². The number of rotatable bonds is 5. The van der Waals surface area contributed by atoms with Crippen molar-refractivity contribution in [3.05, 3.63) is 35.7 Å². The zero-order valence-corrected chi connectivity index (χ0v) is 15.2. The van der Waals surface area contributed by atoms with E-state index in [9.17, 15) is 4.79 Å². The fraction of sp³-hybridized carbons (Fsp3) is 0.444. The third-order valence-electron chi connectivity index (χ3n) is 4.43. The minimum atomic E-state index is 0.0365. The number of aryl methyl sites for hydroxylation is 1. The largest absolute Gasteiger partial charge is 0.497 e. The van der Waals surface area contributed by atoms with Crippen LogP contribution in [0.25, 0.3) is 11.4 Å². The van der Waals surface area contributed by atoms with E-state index >= 15 is 0 Å². The van der Waals surface area contributed by atoms with E-state index in [1.807, 2.05) is 36.1 Å². The van der Waals surface area contributed by atoms with Crippen LogP contribution in [0.5, 0.6) is 5.75 Å². The molecule has 1 amide bonds. The van der Waals surface area contributed by atoms with Crippen LogP contribution in [0.1, 0.15) is 29.0 Å². The summed E-state index contributed by atoms with van der Waals surface area (Å²) in [4.78, 5) is 22.7. The van der Waals surface area contributed by atoms with Gasteiger partial charge in [-0.3, -0.25) is 4.79 Å². The molecule has 3 rings (SSSR count). The van der Waals surface area contributed by atoms with Gasteiger partial charge >= 0.3 is 0 Å². The number of carbonyl (C=O) groups excluding carboxylic acids is 1. The molecule has 1 aromatic heterocycles. The van der Waals surface area contributed by atoms with Gasteiger partial charge in [0.25, 0.3) is 5.91 Å². The predicted molar refractivity (Wildman–Crippen MR) is 97.8 cm³/mol. The molecule has 0 saturated carbocycles. The van der Waals surface area contributed by atoms with Crippen LogP contribution in [0.2, 0.25) is 0 Å². The lowest BCUT2D eigenvalue weighted by Gasteiger charge is -2.23. The summed E-state index contributed by atoms with van der Waals surface area (Å²) in [6.07, 6.45) is 4.24. The second-order valence-electron chi connectivity index (χ2n) is 6.04. The third-order valence-corrected chi connectivity index (χ3v) is 5.15. The standard InChI is InChI=1S/C18H23N3O2S/c1-12-16(18(22)21-9-5-7-14(21)11-24-3)20-17(19-12)13-6-4-8-15(10-13)23-2/h4,6,8,10,14H,5,7,9,11H2,1-3H3,(H,19,20)/t14-/m0/s1. The average Bonchev–Trinajstić information content (AvgIpc) is 3.21. The number of aromatic nitrogens is 2. The molecule has 0 unspecified atom stereocenters. The summed E-state index contributed by atoms with van der Waals surface area (Å²) < 4.78 is 5.26. The van der Waals surface area contributed by atoms with Crippen molar-refractivity contribution >= 4 is 17.7 Å². The normalized spacial score (nSPS) is 17.3. The molecule has 128 valence electrons. The Morgan fingerprint density at radius 2 is 2.33 bits per heavy atom. The van der Waals surface area contributed by atoms with E-state index < -0.39 is 0 Å². The van der Waals surface area contributed by atoms with Gasteiger partial charge in [0, 0.05) is 29.6 Å². The number of aromatic amines is 1. The van der Waals surface area contributed by atoms with Gasteiger partial charge in [-0.1, -0.05) is 12.1 Å². The number of hydrogen-bond donors (Lipinski definition) is 1. The Morgan fingerprint density at radius 1 is 1.50 bits per heavy atom. The van der Waals surface area contributed by atoms with Gasteiger partial charge in [-0.15, -0.1) is 0 Å². The van der Waals surface area contributed by atoms with Gasteiger partial charge in [-0.2, -0.15) is 11.8 Å². The van der Waals surface area contributed by atoms with E-state index in [4.69, 9.17) is 4.74 Å². The molecule has 0 radical (unpaired) electrons. The predicted octanol–water partition coefficient (Wildman–Crippen LogP) is 3.36. The van der Waals surface area contributed by atoms with Crippen LogP contribution < -0.4 is 4.74 Å². The molecule has 6 heteroatoms. The monoisotopic (exact) mass is 345 g/mol. The second-order valence-corrected chi connectivity index (χ2v) is 6.95. The van der Waals surface area contributed by atoms with Gasteiger partial charge in [0.2, 0.25) is 0 Å². The second kappa shape index (κ2) is 7.30. The summed E-state index contributed by atoms with van der Waals surface area (Å²) in [7, 11) is 1.64. The van der Waals surface area contributed by atoms with Crippen molar-refractivity contribution in [1.82, 2.24) is 14.9 Å². The van der Waals surface area contributed by atoms with Crippen LogP contribution in [0.15, 0.2) is 24.3 Å². The van der Waals surface area contributed by atoms with E-state index in [0.29, 0.717) is 17.6 Å². The van der Waals surface area contributed by atoms with Crippen LogP contribution in [0, 0.1) is 6.92 Å². The number of nitrogens with zero attached hydrogens (tertiary/aromatic N) is 2. The van der Waals surface area contributed by atoms with Gasteiger partial charge in [0.05, 0.1) is 7.11 Å². The first-order valence-corrected chi connectivity index (χ1v) is 9.54. The minimum absolute atomic E-state index is 0.0365. The van der Waals surface area contributed by atoms with Crippen molar-refractivity contribution in [2.75, 3.05) is 25.7 Å². The van der Waals surface area contributed by atoms with Gasteiger partial charge in [-0.05, 0) is 38.2 Å². The molecule has 1 aliphatic rings. The first kappa shape index (κ1) is 16.9. The molecule has 0 aliphatic carbocycles. The number of thioether (sulfide) groups is 1. The number of ether oxygens (including phenoxy) is 1. The van der Waals surface area contributed by atoms with Gasteiger partial charge in [0.1, 0.15) is 17.3 Å². The average molecular weight is 345 g/mol. The molecule has 5 nitrogen and oxygen atoms in total. The first-order valence-electron chi connectivity index (χ1n) is 8.15. The fourth-order valence-corrected chi connectivity index (χ4v) is 3.91. The van der Waals surface area contributed by atoms with E-state index in [0.717, 1.165) is 42.1 Å². The number of amides is 1. The zero-order valence-electron chi connectivity index (χ0n) is 14.3. The molecule has 1 aromatic carbocycles. The van der Waals surface area contributed by atoms with Crippen LogP contribution in [-0.2, 0) is 0 Å². The molecule has 0 spiro atoms. The maximum absolute atomic E-state index is 12.9. The highest BCUT2D eigenvalue weighted by Crippen LogP contribution is 2.26. The third kappa shape index (κ3) is 3.29. The lowest BCUT2D eigenvalue weighted by atomic mass is 10.2. The summed E-state index contributed by atoms with van der Waals surface area (Å²) >= 11 is 1.79. The van der Waals surface area contributed by atoms with E-state index in [2.05, 4.69) is 16.2 Å². The number of benzene rings is 1. The number of H-pyrrole nitrogens is 1. The number of likely N-dealkylation sites (tertiary alicyclic amines) is 1. The summed E-state index contributed by atoms with van der Waals surface area (Å²) in [5, 5.41) is 0. The summed E-state index contributed by atoms with van der Waals surface area (Å²) in [5.41, 5.74) is 2.26. The van der Waals surface area contributed by atoms with Crippen LogP contribution >= 0.6 is 11.8 Å². The van der Waals surface area contributed by atoms with Crippen molar-refractivity contribution in [1.29, 1.82) is 0 Å². The number of methoxy groups -OCH3 is 1. The molecular formula is C18H23N3O2S. The first-order chi connectivity index (χ1) is 11.6. The minimum Gasteiger partial charge on any atom is -0.497 e. The number of nitrogens with one attached hydrogen (secondary N) is 1. The molecule has 2 aromatic rings. The Hall–Kier alpha value is -1.95. The van der Waals surface area contributed by atoms with Crippen molar-refractivity contribution < 1.29 is 9.53 Å². The van der Waals surface area contributed by atoms with Crippen molar-refractivity contribution in [2.45, 2.75) is 25.8 Å². The van der Waals surface area contributed by atoms with Crippen molar-refractivity contribution in [3.8, 4) is 17.1 Å². The summed E-state index contributed by atoms with van der Waals surface area (Å²) in [5.74, 6) is 2.50. The lowest BCUT2D eigenvalue weighted by molar-refractivity contribution is 0.0744. The molecule has 2 heterocycles. The topological polar surface area (TPSA) is 58.2 Å². The molecule has 1 aliphatic heterocycles. The number of hydrogen-bond acceptors (Lipinski definition) is 4. The molecular weight excluding hydrogens is 322 g/mol. The number of carbonyl (C=O) groups is 1. The van der Waals surface area contributed by atoms with E-state index in [1.165, 1.54) is 0 Å². The van der Waals surface area contributed by atoms with E-state index in [1.54, 1.807) is 18.9 Å². The van der Waals surface area contributed by atoms with Crippen molar-refractivity contribution in [3.63, 3.8) is 0 Å². The van der Waals surface area contributed by atoms with Gasteiger partial charge in [-0.25, -0.2) is 4.98 Å². The highest BCUT2D eigenvalue weighted by atomic mass is 32.2. The maximum Gasteiger partial charge on any atom is 0.274 e. The Balaban J connectivity index is 1.87. The summed E-state index contributed by atoms with van der Waals surface area (Å²) in [6.45, 7) is 2.73. The molecule has 24 heavy (non-hydrogen) atoms. The molecule has 1 saturated heterocycles. The van der Waals surface area contributed by atoms with Crippen LogP contribution in [0.4, 0.5) is 0 Å². The smallest absolute Gasteiger partial charge is 0.274 e. The van der Waals surface area contributed by atoms with Gasteiger partial charge < -0.3 is 14.6 Å². The Morgan fingerprint density at radius 3 is 3.08 bits per heavy atom. The molecule has 0 bridgehead atoms. The lowest BCUT2D eigenvalue weighted by Crippen LogP contribution is -2.37. The van der Waals surface area contributed by atoms with Crippen LogP contribution in [-0.4, -0.2) is 52.5 Å².